The lowest BCUT2D eigenvalue weighted by Gasteiger charge is -2.36. The standard InChI is InChI=1S/C35H32ClFN4O2/c1-22-5-12-32(34(42)38-22)41-31-13-10-25(27-3-2-4-28(33(27)31)35(41)43)19-23-6-8-24(9-7-23)21-39-15-17-40(18-16-39)30-14-11-26(36)20-29(30)37/h2-4,6-11,13-14,20,32H,1,5,12,15-19,21H2,(H,38,42)/i21D2. The first-order valence-electron chi connectivity index (χ1n) is 15.5. The van der Waals surface area contributed by atoms with Crippen molar-refractivity contribution in [1.29, 1.82) is 0 Å². The Balaban J connectivity index is 1.08. The zero-order chi connectivity index (χ0) is 31.5. The van der Waals surface area contributed by atoms with Crippen molar-refractivity contribution in [3.63, 3.8) is 0 Å². The number of carbonyl (C=O) groups is 2. The average molecular weight is 597 g/mol. The molecular formula is C35H32ClFN4O2. The number of rotatable bonds is 6. The highest BCUT2D eigenvalue weighted by atomic mass is 35.5. The molecule has 8 heteroatoms. The molecule has 0 saturated carbocycles. The maximum absolute atomic E-state index is 14.4. The second-order valence-electron chi connectivity index (χ2n) is 11.3. The molecule has 2 fully saturated rings. The number of anilines is 2. The summed E-state index contributed by atoms with van der Waals surface area (Å²) in [5.74, 6) is -0.741. The summed E-state index contributed by atoms with van der Waals surface area (Å²) < 4.78 is 32.3. The molecule has 43 heavy (non-hydrogen) atoms. The summed E-state index contributed by atoms with van der Waals surface area (Å²) in [7, 11) is 0. The van der Waals surface area contributed by atoms with Gasteiger partial charge in [-0.15, -0.1) is 0 Å². The highest BCUT2D eigenvalue weighted by Crippen LogP contribution is 2.41. The molecule has 2 saturated heterocycles. The molecule has 1 unspecified atom stereocenters. The number of benzene rings is 4. The van der Waals surface area contributed by atoms with Gasteiger partial charge in [0.2, 0.25) is 5.91 Å². The molecule has 3 heterocycles. The van der Waals surface area contributed by atoms with Crippen molar-refractivity contribution in [2.75, 3.05) is 36.0 Å². The average Bonchev–Trinajstić information content (AvgIpc) is 3.31. The number of amides is 2. The first kappa shape index (κ1) is 25.3. The Morgan fingerprint density at radius 1 is 0.953 bits per heavy atom. The van der Waals surface area contributed by atoms with Crippen LogP contribution in [-0.2, 0) is 17.7 Å². The predicted molar refractivity (Wildman–Crippen MR) is 169 cm³/mol. The van der Waals surface area contributed by atoms with E-state index in [4.69, 9.17) is 14.3 Å². The summed E-state index contributed by atoms with van der Waals surface area (Å²) in [5, 5.41) is 4.98. The van der Waals surface area contributed by atoms with E-state index >= 15 is 0 Å². The van der Waals surface area contributed by atoms with Crippen LogP contribution in [0.4, 0.5) is 15.8 Å². The number of halogens is 2. The monoisotopic (exact) mass is 596 g/mol. The van der Waals surface area contributed by atoms with Crippen LogP contribution in [0, 0.1) is 5.82 Å². The molecule has 3 aliphatic rings. The van der Waals surface area contributed by atoms with Crippen molar-refractivity contribution < 1.29 is 16.7 Å². The molecule has 0 spiro atoms. The number of nitrogens with one attached hydrogen (secondary N) is 1. The number of nitrogens with zero attached hydrogens (tertiary/aromatic N) is 3. The van der Waals surface area contributed by atoms with Gasteiger partial charge in [0.05, 0.1) is 11.4 Å². The number of piperidine rings is 1. The van der Waals surface area contributed by atoms with Crippen LogP contribution >= 0.6 is 11.6 Å². The van der Waals surface area contributed by atoms with Gasteiger partial charge in [0.1, 0.15) is 11.9 Å². The maximum Gasteiger partial charge on any atom is 0.259 e. The molecule has 4 aromatic rings. The van der Waals surface area contributed by atoms with E-state index in [1.54, 1.807) is 21.9 Å². The fraction of sp³-hybridized carbons (Fsp3) is 0.257. The molecule has 1 N–H and O–H groups in total. The van der Waals surface area contributed by atoms with Crippen molar-refractivity contribution in [2.24, 2.45) is 0 Å². The molecule has 0 radical (unpaired) electrons. The first-order valence-corrected chi connectivity index (χ1v) is 14.9. The van der Waals surface area contributed by atoms with Gasteiger partial charge in [-0.2, -0.15) is 0 Å². The van der Waals surface area contributed by atoms with E-state index in [0.717, 1.165) is 27.6 Å². The first-order chi connectivity index (χ1) is 21.6. The van der Waals surface area contributed by atoms with Crippen molar-refractivity contribution >= 4 is 45.6 Å². The van der Waals surface area contributed by atoms with E-state index in [9.17, 15) is 14.0 Å². The second kappa shape index (κ2) is 11.1. The van der Waals surface area contributed by atoms with Gasteiger partial charge in [0, 0.05) is 57.1 Å². The number of carbonyl (C=O) groups excluding carboxylic acids is 2. The largest absolute Gasteiger partial charge is 0.367 e. The van der Waals surface area contributed by atoms with Gasteiger partial charge in [-0.25, -0.2) is 4.39 Å². The van der Waals surface area contributed by atoms with E-state index in [2.05, 4.69) is 11.9 Å². The lowest BCUT2D eigenvalue weighted by atomic mass is 9.95. The molecule has 3 aliphatic heterocycles. The minimum absolute atomic E-state index is 0.161. The topological polar surface area (TPSA) is 55.9 Å². The van der Waals surface area contributed by atoms with Crippen LogP contribution in [0.25, 0.3) is 10.8 Å². The Kier molecular flexibility index (Phi) is 6.56. The van der Waals surface area contributed by atoms with Gasteiger partial charge in [-0.05, 0) is 71.7 Å². The zero-order valence-corrected chi connectivity index (χ0v) is 24.3. The molecule has 0 bridgehead atoms. The summed E-state index contributed by atoms with van der Waals surface area (Å²) >= 11 is 5.90. The van der Waals surface area contributed by atoms with Crippen molar-refractivity contribution in [3.8, 4) is 0 Å². The van der Waals surface area contributed by atoms with Crippen LogP contribution in [-0.4, -0.2) is 48.9 Å². The highest BCUT2D eigenvalue weighted by Gasteiger charge is 2.40. The maximum atomic E-state index is 14.4. The SMILES string of the molecule is [2H]C([2H])(c1ccc(Cc2ccc3c4c(cccc24)C(=O)N3C2CCC(=C)NC2=O)cc1)N1CCN(c2ccc(Cl)cc2F)CC1. The molecule has 4 aromatic carbocycles. The second-order valence-corrected chi connectivity index (χ2v) is 11.8. The van der Waals surface area contributed by atoms with E-state index in [0.29, 0.717) is 73.0 Å². The molecular weight excluding hydrogens is 563 g/mol. The van der Waals surface area contributed by atoms with Gasteiger partial charge in [-0.3, -0.25) is 19.4 Å². The van der Waals surface area contributed by atoms with Crippen molar-refractivity contribution in [1.82, 2.24) is 10.2 Å². The minimum atomic E-state index is -1.69. The third-order valence-corrected chi connectivity index (χ3v) is 8.85. The molecule has 218 valence electrons. The summed E-state index contributed by atoms with van der Waals surface area (Å²) in [6.07, 6.45) is 1.77. The Morgan fingerprint density at radius 2 is 1.70 bits per heavy atom. The fourth-order valence-corrected chi connectivity index (χ4v) is 6.59. The third-order valence-electron chi connectivity index (χ3n) is 8.62. The Labute approximate surface area is 258 Å². The van der Waals surface area contributed by atoms with Crippen LogP contribution in [0.5, 0.6) is 0 Å². The normalized spacial score (nSPS) is 20.0. The van der Waals surface area contributed by atoms with Gasteiger partial charge in [0.25, 0.3) is 5.91 Å². The number of allylic oxidation sites excluding steroid dienone is 1. The Hall–Kier alpha value is -4.20. The number of hydrogen-bond donors (Lipinski definition) is 1. The van der Waals surface area contributed by atoms with Gasteiger partial charge >= 0.3 is 0 Å². The van der Waals surface area contributed by atoms with Gasteiger partial charge in [0.15, 0.2) is 0 Å². The Bertz CT molecular complexity index is 1860. The molecule has 0 aromatic heterocycles. The van der Waals surface area contributed by atoms with Crippen LogP contribution in [0.1, 0.15) is 42.6 Å². The quantitative estimate of drug-likeness (QED) is 0.284. The van der Waals surface area contributed by atoms with Crippen molar-refractivity contribution in [2.45, 2.75) is 31.8 Å². The molecule has 1 atom stereocenters. The minimum Gasteiger partial charge on any atom is -0.367 e. The van der Waals surface area contributed by atoms with Gasteiger partial charge in [-0.1, -0.05) is 60.6 Å². The highest BCUT2D eigenvalue weighted by molar-refractivity contribution is 6.30. The summed E-state index contributed by atoms with van der Waals surface area (Å²) in [5.41, 5.74) is 5.14. The van der Waals surface area contributed by atoms with E-state index in [1.165, 1.54) is 6.07 Å². The number of piperazine rings is 1. The molecule has 2 amide bonds. The van der Waals surface area contributed by atoms with E-state index < -0.39 is 12.5 Å². The van der Waals surface area contributed by atoms with Crippen LogP contribution in [0.2, 0.25) is 5.02 Å². The van der Waals surface area contributed by atoms with Crippen LogP contribution in [0.3, 0.4) is 0 Å². The van der Waals surface area contributed by atoms with E-state index in [1.807, 2.05) is 59.5 Å². The fourth-order valence-electron chi connectivity index (χ4n) is 6.44. The number of hydrogen-bond acceptors (Lipinski definition) is 4. The lowest BCUT2D eigenvalue weighted by Crippen LogP contribution is -2.51. The lowest BCUT2D eigenvalue weighted by molar-refractivity contribution is -0.122. The third kappa shape index (κ3) is 5.17. The van der Waals surface area contributed by atoms with E-state index in [-0.39, 0.29) is 17.6 Å². The van der Waals surface area contributed by atoms with Crippen LogP contribution in [0.15, 0.2) is 85.1 Å². The smallest absolute Gasteiger partial charge is 0.259 e. The zero-order valence-electron chi connectivity index (χ0n) is 25.6. The predicted octanol–water partition coefficient (Wildman–Crippen LogP) is 6.30. The molecule has 7 rings (SSSR count). The van der Waals surface area contributed by atoms with Crippen molar-refractivity contribution in [3.05, 3.63) is 118 Å². The van der Waals surface area contributed by atoms with Crippen LogP contribution < -0.4 is 15.1 Å². The summed E-state index contributed by atoms with van der Waals surface area (Å²) in [4.78, 5) is 31.7. The Morgan fingerprint density at radius 3 is 2.44 bits per heavy atom. The molecule has 6 nitrogen and oxygen atoms in total. The van der Waals surface area contributed by atoms with Gasteiger partial charge < -0.3 is 10.2 Å². The summed E-state index contributed by atoms with van der Waals surface area (Å²) in [6, 6.07) is 21.3. The molecule has 0 aliphatic carbocycles. The summed E-state index contributed by atoms with van der Waals surface area (Å²) in [6.45, 7) is 4.07.